The third kappa shape index (κ3) is 4.45. The second kappa shape index (κ2) is 6.70. The first-order valence-electron chi connectivity index (χ1n) is 6.61. The third-order valence-electron chi connectivity index (χ3n) is 2.97. The summed E-state index contributed by atoms with van der Waals surface area (Å²) in [5, 5.41) is 5.35. The minimum atomic E-state index is -0.338. The lowest BCUT2D eigenvalue weighted by Crippen LogP contribution is -2.24. The number of halogens is 1. The molecule has 0 heterocycles. The van der Waals surface area contributed by atoms with E-state index >= 15 is 0 Å². The van der Waals surface area contributed by atoms with E-state index in [2.05, 4.69) is 10.6 Å². The Morgan fingerprint density at radius 2 is 1.95 bits per heavy atom. The van der Waals surface area contributed by atoms with Crippen LogP contribution in [-0.4, -0.2) is 6.03 Å². The molecule has 2 aromatic carbocycles. The zero-order valence-corrected chi connectivity index (χ0v) is 12.0. The van der Waals surface area contributed by atoms with Gasteiger partial charge >= 0.3 is 6.03 Å². The number of hydrogen-bond acceptors (Lipinski definition) is 1. The lowest BCUT2D eigenvalue weighted by Gasteiger charge is -2.08. The van der Waals surface area contributed by atoms with Crippen LogP contribution in [0.1, 0.15) is 16.7 Å². The molecule has 0 fully saturated rings. The number of benzene rings is 2. The number of hydrogen-bond donors (Lipinski definition) is 2. The standard InChI is InChI=1S/C17H17FN2O/c1-12-6-7-16(13(2)10-12)20-17(21)19-9-8-14-4-3-5-15(18)11-14/h3-11H,1-2H3,(H2,19,20,21)/b9-8+. The fourth-order valence-electron chi connectivity index (χ4n) is 1.94. The van der Waals surface area contributed by atoms with Gasteiger partial charge in [-0.05, 0) is 49.2 Å². The Kier molecular flexibility index (Phi) is 4.72. The molecule has 0 aromatic heterocycles. The second-order valence-corrected chi connectivity index (χ2v) is 4.81. The quantitative estimate of drug-likeness (QED) is 0.870. The van der Waals surface area contributed by atoms with Crippen LogP contribution in [0.5, 0.6) is 0 Å². The first kappa shape index (κ1) is 14.8. The van der Waals surface area contributed by atoms with E-state index in [0.717, 1.165) is 16.8 Å². The molecule has 0 aliphatic rings. The lowest BCUT2D eigenvalue weighted by molar-refractivity contribution is 0.255. The Morgan fingerprint density at radius 1 is 1.14 bits per heavy atom. The summed E-state index contributed by atoms with van der Waals surface area (Å²) in [5.74, 6) is -0.308. The van der Waals surface area contributed by atoms with Crippen LogP contribution >= 0.6 is 0 Å². The van der Waals surface area contributed by atoms with Crippen molar-refractivity contribution in [3.8, 4) is 0 Å². The fourth-order valence-corrected chi connectivity index (χ4v) is 1.94. The van der Waals surface area contributed by atoms with Crippen LogP contribution in [0.3, 0.4) is 0 Å². The van der Waals surface area contributed by atoms with Gasteiger partial charge in [0.2, 0.25) is 0 Å². The van der Waals surface area contributed by atoms with E-state index in [1.165, 1.54) is 18.3 Å². The molecule has 0 saturated carbocycles. The Morgan fingerprint density at radius 3 is 2.67 bits per heavy atom. The van der Waals surface area contributed by atoms with Crippen LogP contribution in [0.25, 0.3) is 6.08 Å². The number of carbonyl (C=O) groups is 1. The minimum Gasteiger partial charge on any atom is -0.314 e. The van der Waals surface area contributed by atoms with Gasteiger partial charge in [0.25, 0.3) is 0 Å². The third-order valence-corrected chi connectivity index (χ3v) is 2.97. The van der Waals surface area contributed by atoms with Crippen molar-refractivity contribution in [1.82, 2.24) is 5.32 Å². The van der Waals surface area contributed by atoms with Gasteiger partial charge in [0.1, 0.15) is 5.82 Å². The van der Waals surface area contributed by atoms with Crippen molar-refractivity contribution in [2.24, 2.45) is 0 Å². The minimum absolute atomic E-state index is 0.308. The summed E-state index contributed by atoms with van der Waals surface area (Å²) in [4.78, 5) is 11.8. The van der Waals surface area contributed by atoms with Crippen molar-refractivity contribution in [3.63, 3.8) is 0 Å². The SMILES string of the molecule is Cc1ccc(NC(=O)N/C=C/c2cccc(F)c2)c(C)c1. The maximum absolute atomic E-state index is 13.0. The Labute approximate surface area is 123 Å². The van der Waals surface area contributed by atoms with Gasteiger partial charge < -0.3 is 10.6 Å². The van der Waals surface area contributed by atoms with Crippen molar-refractivity contribution in [3.05, 3.63) is 71.2 Å². The summed E-state index contributed by atoms with van der Waals surface area (Å²) >= 11 is 0. The van der Waals surface area contributed by atoms with Crippen LogP contribution < -0.4 is 10.6 Å². The molecule has 4 heteroatoms. The summed E-state index contributed by atoms with van der Waals surface area (Å²) in [6, 6.07) is 11.6. The Hall–Kier alpha value is -2.62. The zero-order valence-electron chi connectivity index (χ0n) is 12.0. The molecule has 108 valence electrons. The molecule has 2 aromatic rings. The predicted molar refractivity (Wildman–Crippen MR) is 83.5 cm³/mol. The topological polar surface area (TPSA) is 41.1 Å². The molecule has 3 nitrogen and oxygen atoms in total. The average Bonchev–Trinajstić information content (AvgIpc) is 2.42. The van der Waals surface area contributed by atoms with Crippen LogP contribution in [0.15, 0.2) is 48.7 Å². The lowest BCUT2D eigenvalue weighted by atomic mass is 10.1. The number of rotatable bonds is 3. The smallest absolute Gasteiger partial charge is 0.314 e. The second-order valence-electron chi connectivity index (χ2n) is 4.81. The highest BCUT2D eigenvalue weighted by atomic mass is 19.1. The maximum atomic E-state index is 13.0. The number of urea groups is 1. The van der Waals surface area contributed by atoms with Gasteiger partial charge in [0, 0.05) is 11.9 Å². The van der Waals surface area contributed by atoms with E-state index in [4.69, 9.17) is 0 Å². The Bertz CT molecular complexity index is 680. The molecule has 0 radical (unpaired) electrons. The molecule has 2 rings (SSSR count). The highest BCUT2D eigenvalue weighted by Crippen LogP contribution is 2.15. The van der Waals surface area contributed by atoms with Gasteiger partial charge in [-0.1, -0.05) is 29.8 Å². The van der Waals surface area contributed by atoms with Gasteiger partial charge in [0.15, 0.2) is 0 Å². The Balaban J connectivity index is 1.93. The molecule has 0 bridgehead atoms. The van der Waals surface area contributed by atoms with Gasteiger partial charge in [-0.15, -0.1) is 0 Å². The van der Waals surface area contributed by atoms with Gasteiger partial charge in [0.05, 0.1) is 0 Å². The number of aryl methyl sites for hydroxylation is 2. The van der Waals surface area contributed by atoms with Crippen LogP contribution in [0.4, 0.5) is 14.9 Å². The molecule has 0 atom stereocenters. The van der Waals surface area contributed by atoms with Gasteiger partial charge in [-0.2, -0.15) is 0 Å². The molecule has 2 N–H and O–H groups in total. The number of anilines is 1. The molecule has 0 spiro atoms. The van der Waals surface area contributed by atoms with Crippen LogP contribution in [0, 0.1) is 19.7 Å². The van der Waals surface area contributed by atoms with Gasteiger partial charge in [-0.3, -0.25) is 0 Å². The first-order valence-corrected chi connectivity index (χ1v) is 6.61. The molecular weight excluding hydrogens is 267 g/mol. The van der Waals surface area contributed by atoms with E-state index in [1.807, 2.05) is 32.0 Å². The first-order chi connectivity index (χ1) is 10.0. The largest absolute Gasteiger partial charge is 0.323 e. The number of carbonyl (C=O) groups excluding carboxylic acids is 1. The van der Waals surface area contributed by atoms with Crippen molar-refractivity contribution in [1.29, 1.82) is 0 Å². The van der Waals surface area contributed by atoms with Crippen molar-refractivity contribution in [2.75, 3.05) is 5.32 Å². The molecule has 0 unspecified atom stereocenters. The van der Waals surface area contributed by atoms with Crippen LogP contribution in [0.2, 0.25) is 0 Å². The normalized spacial score (nSPS) is 10.6. The van der Waals surface area contributed by atoms with Gasteiger partial charge in [-0.25, -0.2) is 9.18 Å². The van der Waals surface area contributed by atoms with E-state index in [9.17, 15) is 9.18 Å². The van der Waals surface area contributed by atoms with Crippen molar-refractivity contribution in [2.45, 2.75) is 13.8 Å². The molecule has 2 amide bonds. The van der Waals surface area contributed by atoms with Crippen molar-refractivity contribution < 1.29 is 9.18 Å². The van der Waals surface area contributed by atoms with Crippen LogP contribution in [-0.2, 0) is 0 Å². The maximum Gasteiger partial charge on any atom is 0.323 e. The molecule has 0 aliphatic carbocycles. The van der Waals surface area contributed by atoms with E-state index < -0.39 is 0 Å². The van der Waals surface area contributed by atoms with E-state index in [1.54, 1.807) is 18.2 Å². The summed E-state index contributed by atoms with van der Waals surface area (Å²) in [7, 11) is 0. The van der Waals surface area contributed by atoms with E-state index in [0.29, 0.717) is 5.56 Å². The highest BCUT2D eigenvalue weighted by molar-refractivity contribution is 5.91. The summed E-state index contributed by atoms with van der Waals surface area (Å²) in [6.45, 7) is 3.93. The average molecular weight is 284 g/mol. The summed E-state index contributed by atoms with van der Waals surface area (Å²) in [5.41, 5.74) is 3.59. The summed E-state index contributed by atoms with van der Waals surface area (Å²) in [6.07, 6.45) is 3.11. The van der Waals surface area contributed by atoms with E-state index in [-0.39, 0.29) is 11.8 Å². The predicted octanol–water partition coefficient (Wildman–Crippen LogP) is 4.23. The number of nitrogens with one attached hydrogen (secondary N) is 2. The summed E-state index contributed by atoms with van der Waals surface area (Å²) < 4.78 is 13.0. The molecule has 0 aliphatic heterocycles. The van der Waals surface area contributed by atoms with Crippen molar-refractivity contribution >= 4 is 17.8 Å². The number of amides is 2. The molecule has 21 heavy (non-hydrogen) atoms. The molecular formula is C17H17FN2O. The fraction of sp³-hybridized carbons (Fsp3) is 0.118. The zero-order chi connectivity index (χ0) is 15.2. The monoisotopic (exact) mass is 284 g/mol. The molecule has 0 saturated heterocycles. The highest BCUT2D eigenvalue weighted by Gasteiger charge is 2.02.